The first-order valence-electron chi connectivity index (χ1n) is 4.95. The maximum atomic E-state index is 4.57. The zero-order valence-corrected chi connectivity index (χ0v) is 10.8. The van der Waals surface area contributed by atoms with E-state index >= 15 is 0 Å². The van der Waals surface area contributed by atoms with E-state index in [4.69, 9.17) is 0 Å². The van der Waals surface area contributed by atoms with Crippen LogP contribution >= 0.6 is 27.3 Å². The van der Waals surface area contributed by atoms with Crippen molar-refractivity contribution in [1.29, 1.82) is 0 Å². The number of benzene rings is 1. The molecule has 80 valence electrons. The number of rotatable bonds is 2. The third-order valence-corrected chi connectivity index (χ3v) is 3.98. The van der Waals surface area contributed by atoms with Gasteiger partial charge in [0.1, 0.15) is 5.82 Å². The van der Waals surface area contributed by atoms with Gasteiger partial charge in [-0.05, 0) is 29.1 Å². The predicted octanol–water partition coefficient (Wildman–Crippen LogP) is 4.19. The van der Waals surface area contributed by atoms with Gasteiger partial charge in [0.2, 0.25) is 0 Å². The van der Waals surface area contributed by atoms with E-state index in [2.05, 4.69) is 55.5 Å². The highest BCUT2D eigenvalue weighted by Gasteiger charge is 2.05. The summed E-state index contributed by atoms with van der Waals surface area (Å²) >= 11 is 5.15. The van der Waals surface area contributed by atoms with Gasteiger partial charge in [0.15, 0.2) is 0 Å². The maximum absolute atomic E-state index is 4.57. The Labute approximate surface area is 105 Å². The lowest BCUT2D eigenvalue weighted by Crippen LogP contribution is -1.76. The van der Waals surface area contributed by atoms with E-state index in [1.807, 2.05) is 6.07 Å². The Hall–Kier alpha value is -1.13. The zero-order valence-electron chi connectivity index (χ0n) is 8.40. The highest BCUT2D eigenvalue weighted by molar-refractivity contribution is 9.08. The number of nitrogens with zero attached hydrogens (tertiary/aromatic N) is 1. The summed E-state index contributed by atoms with van der Waals surface area (Å²) in [5.41, 5.74) is 3.38. The van der Waals surface area contributed by atoms with E-state index in [0.717, 1.165) is 22.2 Å². The molecule has 0 bridgehead atoms. The van der Waals surface area contributed by atoms with Crippen molar-refractivity contribution in [3.63, 3.8) is 0 Å². The molecule has 0 unspecified atom stereocenters. The number of hydrogen-bond acceptors (Lipinski definition) is 2. The van der Waals surface area contributed by atoms with E-state index in [1.165, 1.54) is 10.4 Å². The molecule has 0 amide bonds. The van der Waals surface area contributed by atoms with Crippen LogP contribution in [-0.4, -0.2) is 9.97 Å². The van der Waals surface area contributed by atoms with E-state index in [-0.39, 0.29) is 0 Å². The largest absolute Gasteiger partial charge is 0.337 e. The second-order valence-electron chi connectivity index (χ2n) is 3.55. The topological polar surface area (TPSA) is 28.7 Å². The Morgan fingerprint density at radius 3 is 3.00 bits per heavy atom. The molecule has 0 radical (unpaired) electrons. The van der Waals surface area contributed by atoms with Gasteiger partial charge in [0.05, 0.1) is 15.9 Å². The van der Waals surface area contributed by atoms with Crippen molar-refractivity contribution in [1.82, 2.24) is 9.97 Å². The first-order valence-corrected chi connectivity index (χ1v) is 6.95. The van der Waals surface area contributed by atoms with Gasteiger partial charge < -0.3 is 4.98 Å². The van der Waals surface area contributed by atoms with E-state index in [1.54, 1.807) is 11.3 Å². The van der Waals surface area contributed by atoms with Gasteiger partial charge >= 0.3 is 0 Å². The van der Waals surface area contributed by atoms with Crippen molar-refractivity contribution in [3.05, 3.63) is 41.3 Å². The smallest absolute Gasteiger partial charge is 0.148 e. The van der Waals surface area contributed by atoms with Crippen LogP contribution in [0.1, 0.15) is 5.56 Å². The summed E-state index contributed by atoms with van der Waals surface area (Å²) in [5.74, 6) is 0.955. The fraction of sp³-hybridized carbons (Fsp3) is 0.0833. The van der Waals surface area contributed by atoms with E-state index < -0.39 is 0 Å². The number of H-pyrrole nitrogens is 1. The lowest BCUT2D eigenvalue weighted by molar-refractivity contribution is 1.36. The second kappa shape index (κ2) is 4.03. The number of halogens is 1. The zero-order chi connectivity index (χ0) is 11.0. The molecule has 1 N–H and O–H groups in total. The molecule has 0 saturated heterocycles. The molecule has 4 heteroatoms. The fourth-order valence-electron chi connectivity index (χ4n) is 1.67. The van der Waals surface area contributed by atoms with Gasteiger partial charge in [-0.15, -0.1) is 11.3 Å². The van der Waals surface area contributed by atoms with Gasteiger partial charge in [-0.25, -0.2) is 4.98 Å². The van der Waals surface area contributed by atoms with Gasteiger partial charge in [-0.2, -0.15) is 0 Å². The number of aromatic amines is 1. The maximum Gasteiger partial charge on any atom is 0.148 e. The van der Waals surface area contributed by atoms with Crippen molar-refractivity contribution >= 4 is 38.3 Å². The molecule has 2 nitrogen and oxygen atoms in total. The number of imidazole rings is 1. The van der Waals surface area contributed by atoms with Gasteiger partial charge in [0.25, 0.3) is 0 Å². The van der Waals surface area contributed by atoms with Crippen LogP contribution in [0.5, 0.6) is 0 Å². The van der Waals surface area contributed by atoms with Crippen LogP contribution in [0, 0.1) is 0 Å². The summed E-state index contributed by atoms with van der Waals surface area (Å²) in [6.07, 6.45) is 0. The lowest BCUT2D eigenvalue weighted by Gasteiger charge is -1.93. The van der Waals surface area contributed by atoms with Crippen LogP contribution in [0.25, 0.3) is 21.7 Å². The highest BCUT2D eigenvalue weighted by atomic mass is 79.9. The molecule has 2 heterocycles. The molecule has 0 spiro atoms. The third kappa shape index (κ3) is 1.68. The predicted molar refractivity (Wildman–Crippen MR) is 72.0 cm³/mol. The molecule has 3 aromatic rings. The molecule has 0 atom stereocenters. The molecule has 3 rings (SSSR count). The minimum absolute atomic E-state index is 0.871. The number of nitrogens with one attached hydrogen (secondary N) is 1. The minimum atomic E-state index is 0.871. The monoisotopic (exact) mass is 292 g/mol. The molecule has 0 aliphatic carbocycles. The van der Waals surface area contributed by atoms with Crippen molar-refractivity contribution < 1.29 is 0 Å². The van der Waals surface area contributed by atoms with Crippen LogP contribution < -0.4 is 0 Å². The highest BCUT2D eigenvalue weighted by Crippen LogP contribution is 2.25. The summed E-state index contributed by atoms with van der Waals surface area (Å²) in [6.45, 7) is 0. The Bertz CT molecular complexity index is 613. The average Bonchev–Trinajstić information content (AvgIpc) is 2.96. The Balaban J connectivity index is 2.16. The quantitative estimate of drug-likeness (QED) is 0.705. The van der Waals surface area contributed by atoms with Crippen LogP contribution in [0.2, 0.25) is 0 Å². The number of aromatic nitrogens is 2. The summed E-state index contributed by atoms with van der Waals surface area (Å²) in [5, 5.41) is 2.93. The average molecular weight is 293 g/mol. The van der Waals surface area contributed by atoms with Crippen molar-refractivity contribution in [2.24, 2.45) is 0 Å². The molecule has 0 aliphatic rings. The number of fused-ring (bicyclic) bond motifs is 1. The summed E-state index contributed by atoms with van der Waals surface area (Å²) in [4.78, 5) is 9.10. The molecule has 2 aromatic heterocycles. The normalized spacial score (nSPS) is 11.1. The van der Waals surface area contributed by atoms with Crippen LogP contribution in [0.4, 0.5) is 0 Å². The lowest BCUT2D eigenvalue weighted by atomic mass is 10.2. The van der Waals surface area contributed by atoms with Gasteiger partial charge in [-0.3, -0.25) is 0 Å². The van der Waals surface area contributed by atoms with Crippen LogP contribution in [0.15, 0.2) is 35.7 Å². The molecule has 16 heavy (non-hydrogen) atoms. The van der Waals surface area contributed by atoms with E-state index in [0.29, 0.717) is 0 Å². The Morgan fingerprint density at radius 1 is 1.31 bits per heavy atom. The molecule has 1 aromatic carbocycles. The standard InChI is InChI=1S/C12H9BrN2S/c13-7-8-3-4-9-10(6-8)15-12(14-9)11-2-1-5-16-11/h1-6H,7H2,(H,14,15). The summed E-state index contributed by atoms with van der Waals surface area (Å²) in [6, 6.07) is 10.4. The number of alkyl halides is 1. The number of thiophene rings is 1. The van der Waals surface area contributed by atoms with Crippen molar-refractivity contribution in [3.8, 4) is 10.7 Å². The Kier molecular flexibility index (Phi) is 2.53. The first kappa shape index (κ1) is 10.1. The molecular weight excluding hydrogens is 284 g/mol. The molecule has 0 aliphatic heterocycles. The summed E-state index contributed by atoms with van der Waals surface area (Å²) < 4.78 is 0. The van der Waals surface area contributed by atoms with Crippen LogP contribution in [0.3, 0.4) is 0 Å². The molecular formula is C12H9BrN2S. The van der Waals surface area contributed by atoms with Crippen molar-refractivity contribution in [2.45, 2.75) is 5.33 Å². The Morgan fingerprint density at radius 2 is 2.25 bits per heavy atom. The van der Waals surface area contributed by atoms with Gasteiger partial charge in [0, 0.05) is 5.33 Å². The van der Waals surface area contributed by atoms with Crippen molar-refractivity contribution in [2.75, 3.05) is 0 Å². The molecule has 0 fully saturated rings. The van der Waals surface area contributed by atoms with Crippen LogP contribution in [-0.2, 0) is 5.33 Å². The number of hydrogen-bond donors (Lipinski definition) is 1. The summed E-state index contributed by atoms with van der Waals surface area (Å²) in [7, 11) is 0. The second-order valence-corrected chi connectivity index (χ2v) is 5.06. The van der Waals surface area contributed by atoms with Gasteiger partial charge in [-0.1, -0.05) is 28.1 Å². The molecule has 0 saturated carbocycles. The SMILES string of the molecule is BrCc1ccc2nc(-c3cccs3)[nH]c2c1. The fourth-order valence-corrected chi connectivity index (χ4v) is 2.69. The van der Waals surface area contributed by atoms with E-state index in [9.17, 15) is 0 Å². The first-order chi connectivity index (χ1) is 7.86. The third-order valence-electron chi connectivity index (χ3n) is 2.46. The minimum Gasteiger partial charge on any atom is -0.337 e.